The van der Waals surface area contributed by atoms with Crippen LogP contribution in [0.3, 0.4) is 0 Å². The SMILES string of the molecule is Cc1c(Cl)c(Cn2cc(C(C)N)nn2)nc2ccccc12. The van der Waals surface area contributed by atoms with Crippen molar-refractivity contribution in [3.8, 4) is 0 Å². The van der Waals surface area contributed by atoms with Crippen LogP contribution in [0.2, 0.25) is 5.02 Å². The van der Waals surface area contributed by atoms with Crippen molar-refractivity contribution >= 4 is 22.5 Å². The number of aromatic nitrogens is 4. The maximum absolute atomic E-state index is 6.44. The van der Waals surface area contributed by atoms with Gasteiger partial charge in [0.25, 0.3) is 0 Å². The summed E-state index contributed by atoms with van der Waals surface area (Å²) in [6.45, 7) is 4.36. The lowest BCUT2D eigenvalue weighted by molar-refractivity contribution is 0.639. The van der Waals surface area contributed by atoms with E-state index in [-0.39, 0.29) is 6.04 Å². The third-order valence-corrected chi connectivity index (χ3v) is 3.98. The van der Waals surface area contributed by atoms with E-state index in [2.05, 4.69) is 15.3 Å². The van der Waals surface area contributed by atoms with Gasteiger partial charge in [-0.25, -0.2) is 9.67 Å². The molecule has 0 bridgehead atoms. The minimum absolute atomic E-state index is 0.138. The topological polar surface area (TPSA) is 69.6 Å². The maximum Gasteiger partial charge on any atom is 0.0991 e. The van der Waals surface area contributed by atoms with Crippen LogP contribution in [-0.2, 0) is 6.54 Å². The molecule has 3 rings (SSSR count). The lowest BCUT2D eigenvalue weighted by Gasteiger charge is -2.09. The average Bonchev–Trinajstić information content (AvgIpc) is 2.93. The average molecular weight is 302 g/mol. The van der Waals surface area contributed by atoms with Crippen molar-refractivity contribution in [2.75, 3.05) is 0 Å². The fourth-order valence-electron chi connectivity index (χ4n) is 2.27. The van der Waals surface area contributed by atoms with Gasteiger partial charge in [0.2, 0.25) is 0 Å². The van der Waals surface area contributed by atoms with Gasteiger partial charge in [-0.15, -0.1) is 5.10 Å². The number of para-hydroxylation sites is 1. The van der Waals surface area contributed by atoms with Crippen molar-refractivity contribution < 1.29 is 0 Å². The zero-order valence-corrected chi connectivity index (χ0v) is 12.7. The summed E-state index contributed by atoms with van der Waals surface area (Å²) in [5, 5.41) is 9.86. The molecule has 108 valence electrons. The molecule has 2 heterocycles. The first-order chi connectivity index (χ1) is 10.1. The summed E-state index contributed by atoms with van der Waals surface area (Å²) < 4.78 is 1.71. The third-order valence-electron chi connectivity index (χ3n) is 3.48. The number of fused-ring (bicyclic) bond motifs is 1. The van der Waals surface area contributed by atoms with E-state index in [1.54, 1.807) is 4.68 Å². The minimum atomic E-state index is -0.138. The van der Waals surface area contributed by atoms with Crippen molar-refractivity contribution in [2.45, 2.75) is 26.4 Å². The van der Waals surface area contributed by atoms with Crippen LogP contribution in [-0.4, -0.2) is 20.0 Å². The Kier molecular flexibility index (Phi) is 3.61. The van der Waals surface area contributed by atoms with Gasteiger partial charge in [0, 0.05) is 11.4 Å². The molecule has 2 N–H and O–H groups in total. The Morgan fingerprint density at radius 3 is 2.81 bits per heavy atom. The van der Waals surface area contributed by atoms with Crippen molar-refractivity contribution in [1.82, 2.24) is 20.0 Å². The van der Waals surface area contributed by atoms with Crippen LogP contribution in [0.5, 0.6) is 0 Å². The predicted molar refractivity (Wildman–Crippen MR) is 83.2 cm³/mol. The Hall–Kier alpha value is -1.98. The number of hydrogen-bond acceptors (Lipinski definition) is 4. The van der Waals surface area contributed by atoms with Crippen LogP contribution in [0.25, 0.3) is 10.9 Å². The Morgan fingerprint density at radius 1 is 1.33 bits per heavy atom. The second-order valence-corrected chi connectivity index (χ2v) is 5.52. The van der Waals surface area contributed by atoms with E-state index >= 15 is 0 Å². The van der Waals surface area contributed by atoms with Crippen LogP contribution < -0.4 is 5.73 Å². The van der Waals surface area contributed by atoms with E-state index in [0.29, 0.717) is 11.6 Å². The highest BCUT2D eigenvalue weighted by Gasteiger charge is 2.12. The molecule has 0 aliphatic rings. The highest BCUT2D eigenvalue weighted by atomic mass is 35.5. The van der Waals surface area contributed by atoms with E-state index in [0.717, 1.165) is 27.9 Å². The van der Waals surface area contributed by atoms with E-state index in [4.69, 9.17) is 17.3 Å². The van der Waals surface area contributed by atoms with Crippen LogP contribution >= 0.6 is 11.6 Å². The molecule has 6 heteroatoms. The van der Waals surface area contributed by atoms with Gasteiger partial charge in [0.1, 0.15) is 0 Å². The molecule has 0 saturated heterocycles. The van der Waals surface area contributed by atoms with Gasteiger partial charge in [0.15, 0.2) is 0 Å². The van der Waals surface area contributed by atoms with E-state index in [1.807, 2.05) is 44.3 Å². The summed E-state index contributed by atoms with van der Waals surface area (Å²) >= 11 is 6.44. The molecule has 0 aliphatic carbocycles. The molecule has 2 aromatic heterocycles. The predicted octanol–water partition coefficient (Wildman–Crippen LogP) is 2.86. The highest BCUT2D eigenvalue weighted by Crippen LogP contribution is 2.27. The molecular formula is C15H16ClN5. The molecule has 0 fully saturated rings. The maximum atomic E-state index is 6.44. The number of rotatable bonds is 3. The Labute approximate surface area is 127 Å². The van der Waals surface area contributed by atoms with Gasteiger partial charge in [0.05, 0.1) is 34.7 Å². The summed E-state index contributed by atoms with van der Waals surface area (Å²) in [6.07, 6.45) is 1.83. The van der Waals surface area contributed by atoms with Crippen molar-refractivity contribution in [1.29, 1.82) is 0 Å². The van der Waals surface area contributed by atoms with Gasteiger partial charge in [-0.2, -0.15) is 0 Å². The standard InChI is InChI=1S/C15H16ClN5/c1-9-11-5-3-4-6-12(11)18-14(15(9)16)8-21-7-13(10(2)17)19-20-21/h3-7,10H,8,17H2,1-2H3. The molecule has 0 radical (unpaired) electrons. The Bertz CT molecular complexity index is 794. The van der Waals surface area contributed by atoms with Crippen LogP contribution in [0.4, 0.5) is 0 Å². The molecule has 21 heavy (non-hydrogen) atoms. The fourth-order valence-corrected chi connectivity index (χ4v) is 2.48. The quantitative estimate of drug-likeness (QED) is 0.807. The summed E-state index contributed by atoms with van der Waals surface area (Å²) in [6, 6.07) is 7.82. The highest BCUT2D eigenvalue weighted by molar-refractivity contribution is 6.32. The summed E-state index contributed by atoms with van der Waals surface area (Å²) in [5.41, 5.74) is 9.30. The number of aryl methyl sites for hydroxylation is 1. The zero-order valence-electron chi connectivity index (χ0n) is 11.9. The smallest absolute Gasteiger partial charge is 0.0991 e. The minimum Gasteiger partial charge on any atom is -0.323 e. The number of hydrogen-bond donors (Lipinski definition) is 1. The first kappa shape index (κ1) is 14.0. The zero-order chi connectivity index (χ0) is 15.0. The fraction of sp³-hybridized carbons (Fsp3) is 0.267. The van der Waals surface area contributed by atoms with E-state index in [1.165, 1.54) is 0 Å². The van der Waals surface area contributed by atoms with E-state index < -0.39 is 0 Å². The number of nitrogens with zero attached hydrogens (tertiary/aromatic N) is 4. The first-order valence-electron chi connectivity index (χ1n) is 6.75. The monoisotopic (exact) mass is 301 g/mol. The molecule has 1 unspecified atom stereocenters. The lowest BCUT2D eigenvalue weighted by atomic mass is 10.1. The normalized spacial score (nSPS) is 12.8. The van der Waals surface area contributed by atoms with Crippen LogP contribution in [0.1, 0.15) is 29.9 Å². The molecular weight excluding hydrogens is 286 g/mol. The molecule has 1 aromatic carbocycles. The number of nitrogens with two attached hydrogens (primary N) is 1. The second kappa shape index (κ2) is 5.42. The van der Waals surface area contributed by atoms with Gasteiger partial charge in [-0.1, -0.05) is 35.0 Å². The van der Waals surface area contributed by atoms with Gasteiger partial charge in [-0.05, 0) is 25.5 Å². The molecule has 0 saturated carbocycles. The number of pyridine rings is 1. The molecule has 0 amide bonds. The largest absolute Gasteiger partial charge is 0.323 e. The molecule has 0 aliphatic heterocycles. The number of benzene rings is 1. The van der Waals surface area contributed by atoms with Gasteiger partial charge in [-0.3, -0.25) is 0 Å². The molecule has 5 nitrogen and oxygen atoms in total. The first-order valence-corrected chi connectivity index (χ1v) is 7.13. The van der Waals surface area contributed by atoms with Gasteiger partial charge >= 0.3 is 0 Å². The Balaban J connectivity index is 2.01. The van der Waals surface area contributed by atoms with E-state index in [9.17, 15) is 0 Å². The number of halogens is 1. The summed E-state index contributed by atoms with van der Waals surface area (Å²) in [5.74, 6) is 0. The Morgan fingerprint density at radius 2 is 2.10 bits per heavy atom. The molecule has 0 spiro atoms. The van der Waals surface area contributed by atoms with Crippen LogP contribution in [0, 0.1) is 6.92 Å². The van der Waals surface area contributed by atoms with Crippen LogP contribution in [0.15, 0.2) is 30.5 Å². The lowest BCUT2D eigenvalue weighted by Crippen LogP contribution is -2.06. The molecule has 1 atom stereocenters. The summed E-state index contributed by atoms with van der Waals surface area (Å²) in [4.78, 5) is 4.63. The van der Waals surface area contributed by atoms with Crippen molar-refractivity contribution in [3.05, 3.63) is 52.4 Å². The second-order valence-electron chi connectivity index (χ2n) is 5.14. The summed E-state index contributed by atoms with van der Waals surface area (Å²) in [7, 11) is 0. The van der Waals surface area contributed by atoms with Gasteiger partial charge < -0.3 is 5.73 Å². The van der Waals surface area contributed by atoms with Crippen molar-refractivity contribution in [2.24, 2.45) is 5.73 Å². The van der Waals surface area contributed by atoms with Crippen molar-refractivity contribution in [3.63, 3.8) is 0 Å². The third kappa shape index (κ3) is 2.62. The molecule has 3 aromatic rings.